The molecule has 1 aromatic carbocycles. The Balaban J connectivity index is 1.88. The highest BCUT2D eigenvalue weighted by Crippen LogP contribution is 2.27. The topological polar surface area (TPSA) is 34.2 Å². The molecule has 0 saturated carbocycles. The van der Waals surface area contributed by atoms with Crippen LogP contribution < -0.4 is 5.32 Å². The normalized spacial score (nSPS) is 20.5. The predicted octanol–water partition coefficient (Wildman–Crippen LogP) is 3.41. The molecule has 0 amide bonds. The number of para-hydroxylation sites is 1. The fraction of sp³-hybridized carbons (Fsp3) is 0.471. The van der Waals surface area contributed by atoms with Crippen LogP contribution in [-0.4, -0.2) is 35.7 Å². The minimum Gasteiger partial charge on any atom is -0.375 e. The van der Waals surface area contributed by atoms with E-state index in [1.165, 1.54) is 10.9 Å². The predicted molar refractivity (Wildman–Crippen MR) is 89.8 cm³/mol. The molecular weight excluding hydrogens is 280 g/mol. The lowest BCUT2D eigenvalue weighted by molar-refractivity contribution is 0.0467. The van der Waals surface area contributed by atoms with Gasteiger partial charge in [-0.2, -0.15) is 11.8 Å². The molecule has 2 heterocycles. The second kappa shape index (κ2) is 7.25. The maximum absolute atomic E-state index is 5.99. The average Bonchev–Trinajstić information content (AvgIpc) is 2.56. The number of aromatic nitrogens is 1. The molecule has 2 atom stereocenters. The number of nitrogens with one attached hydrogen (secondary N) is 1. The number of thioether (sulfide) groups is 1. The summed E-state index contributed by atoms with van der Waals surface area (Å²) in [5, 5.41) is 4.84. The van der Waals surface area contributed by atoms with Gasteiger partial charge in [0.1, 0.15) is 0 Å². The zero-order chi connectivity index (χ0) is 14.5. The van der Waals surface area contributed by atoms with Crippen LogP contribution in [0.5, 0.6) is 0 Å². The minimum absolute atomic E-state index is 0.231. The fourth-order valence-corrected chi connectivity index (χ4v) is 3.62. The van der Waals surface area contributed by atoms with Crippen molar-refractivity contribution in [1.29, 1.82) is 0 Å². The van der Waals surface area contributed by atoms with Crippen molar-refractivity contribution in [2.24, 2.45) is 0 Å². The lowest BCUT2D eigenvalue weighted by atomic mass is 10.0. The second-order valence-corrected chi connectivity index (χ2v) is 6.53. The monoisotopic (exact) mass is 302 g/mol. The molecule has 2 unspecified atom stereocenters. The van der Waals surface area contributed by atoms with E-state index in [-0.39, 0.29) is 12.1 Å². The first-order chi connectivity index (χ1) is 10.4. The van der Waals surface area contributed by atoms with Crippen LogP contribution in [0.25, 0.3) is 10.9 Å². The first kappa shape index (κ1) is 14.8. The molecular formula is C17H22N2OS. The van der Waals surface area contributed by atoms with E-state index in [1.54, 1.807) is 0 Å². The molecule has 112 valence electrons. The summed E-state index contributed by atoms with van der Waals surface area (Å²) in [6.45, 7) is 4.04. The Kier molecular flexibility index (Phi) is 5.12. The van der Waals surface area contributed by atoms with Gasteiger partial charge in [0.15, 0.2) is 0 Å². The molecule has 0 radical (unpaired) electrons. The molecule has 3 rings (SSSR count). The van der Waals surface area contributed by atoms with Crippen LogP contribution in [0.3, 0.4) is 0 Å². The summed E-state index contributed by atoms with van der Waals surface area (Å²) < 4.78 is 5.99. The van der Waals surface area contributed by atoms with E-state index in [0.29, 0.717) is 0 Å². The molecule has 1 saturated heterocycles. The Morgan fingerprint density at radius 2 is 2.33 bits per heavy atom. The van der Waals surface area contributed by atoms with Crippen molar-refractivity contribution in [2.75, 3.05) is 24.7 Å². The van der Waals surface area contributed by atoms with E-state index in [1.807, 2.05) is 24.0 Å². The number of nitrogens with zero attached hydrogens (tertiary/aromatic N) is 1. The summed E-state index contributed by atoms with van der Waals surface area (Å²) in [5.41, 5.74) is 2.28. The lowest BCUT2D eigenvalue weighted by Gasteiger charge is -2.31. The maximum atomic E-state index is 5.99. The van der Waals surface area contributed by atoms with Crippen molar-refractivity contribution in [1.82, 2.24) is 10.3 Å². The lowest BCUT2D eigenvalue weighted by Crippen LogP contribution is -2.38. The van der Waals surface area contributed by atoms with Gasteiger partial charge < -0.3 is 10.1 Å². The van der Waals surface area contributed by atoms with Crippen LogP contribution >= 0.6 is 11.8 Å². The number of ether oxygens (including phenoxy) is 1. The van der Waals surface area contributed by atoms with E-state index in [0.717, 1.165) is 36.6 Å². The molecule has 1 fully saturated rings. The third-order valence-electron chi connectivity index (χ3n) is 3.80. The van der Waals surface area contributed by atoms with Gasteiger partial charge in [0, 0.05) is 23.1 Å². The minimum atomic E-state index is 0.231. The summed E-state index contributed by atoms with van der Waals surface area (Å²) in [7, 11) is 0. The highest BCUT2D eigenvalue weighted by atomic mass is 32.2. The fourth-order valence-electron chi connectivity index (χ4n) is 2.72. The SMILES string of the molecule is CCCNC(c1cnc2ccccc2c1)C1CSCCO1. The molecule has 4 heteroatoms. The van der Waals surface area contributed by atoms with Crippen LogP contribution in [-0.2, 0) is 4.74 Å². The Labute approximate surface area is 130 Å². The molecule has 1 aromatic heterocycles. The standard InChI is InChI=1S/C17H22N2OS/c1-2-7-18-17(16-12-21-9-8-20-16)14-10-13-5-3-4-6-15(13)19-11-14/h3-6,10-11,16-18H,2,7-9,12H2,1H3. The Bertz CT molecular complexity index is 584. The van der Waals surface area contributed by atoms with Gasteiger partial charge in [-0.1, -0.05) is 25.1 Å². The molecule has 21 heavy (non-hydrogen) atoms. The zero-order valence-corrected chi connectivity index (χ0v) is 13.2. The van der Waals surface area contributed by atoms with Crippen LogP contribution in [0, 0.1) is 0 Å². The Hall–Kier alpha value is -1.10. The number of fused-ring (bicyclic) bond motifs is 1. The molecule has 1 aliphatic heterocycles. The summed E-state index contributed by atoms with van der Waals surface area (Å²) in [4.78, 5) is 4.60. The highest BCUT2D eigenvalue weighted by Gasteiger charge is 2.26. The van der Waals surface area contributed by atoms with Gasteiger partial charge in [0.25, 0.3) is 0 Å². The van der Waals surface area contributed by atoms with E-state index >= 15 is 0 Å². The largest absolute Gasteiger partial charge is 0.375 e. The summed E-state index contributed by atoms with van der Waals surface area (Å²) in [6, 6.07) is 10.8. The molecule has 1 aliphatic rings. The third-order valence-corrected chi connectivity index (χ3v) is 4.82. The van der Waals surface area contributed by atoms with Crippen molar-refractivity contribution >= 4 is 22.7 Å². The molecule has 3 nitrogen and oxygen atoms in total. The van der Waals surface area contributed by atoms with Gasteiger partial charge in [0.2, 0.25) is 0 Å². The zero-order valence-electron chi connectivity index (χ0n) is 12.4. The molecule has 0 bridgehead atoms. The molecule has 0 aliphatic carbocycles. The Morgan fingerprint density at radius 3 is 3.14 bits per heavy atom. The van der Waals surface area contributed by atoms with Crippen LogP contribution in [0.15, 0.2) is 36.5 Å². The first-order valence-corrected chi connectivity index (χ1v) is 8.81. The number of hydrogen-bond donors (Lipinski definition) is 1. The number of pyridine rings is 1. The number of rotatable bonds is 5. The molecule has 0 spiro atoms. The molecule has 1 N–H and O–H groups in total. The second-order valence-electron chi connectivity index (χ2n) is 5.38. The van der Waals surface area contributed by atoms with Crippen molar-refractivity contribution in [3.63, 3.8) is 0 Å². The van der Waals surface area contributed by atoms with Crippen molar-refractivity contribution in [2.45, 2.75) is 25.5 Å². The number of hydrogen-bond acceptors (Lipinski definition) is 4. The Morgan fingerprint density at radius 1 is 1.43 bits per heavy atom. The van der Waals surface area contributed by atoms with Crippen molar-refractivity contribution in [3.05, 3.63) is 42.1 Å². The van der Waals surface area contributed by atoms with E-state index < -0.39 is 0 Å². The van der Waals surface area contributed by atoms with Gasteiger partial charge in [-0.25, -0.2) is 0 Å². The first-order valence-electron chi connectivity index (χ1n) is 7.66. The summed E-state index contributed by atoms with van der Waals surface area (Å²) in [6.07, 6.45) is 3.36. The van der Waals surface area contributed by atoms with Crippen molar-refractivity contribution < 1.29 is 4.74 Å². The van der Waals surface area contributed by atoms with E-state index in [9.17, 15) is 0 Å². The molecule has 2 aromatic rings. The van der Waals surface area contributed by atoms with Crippen LogP contribution in [0.1, 0.15) is 24.9 Å². The average molecular weight is 302 g/mol. The quantitative estimate of drug-likeness (QED) is 0.918. The van der Waals surface area contributed by atoms with Gasteiger partial charge in [0.05, 0.1) is 24.3 Å². The summed E-state index contributed by atoms with van der Waals surface area (Å²) in [5.74, 6) is 2.15. The van der Waals surface area contributed by atoms with Gasteiger partial charge in [-0.15, -0.1) is 0 Å². The van der Waals surface area contributed by atoms with Gasteiger partial charge in [-0.05, 0) is 30.7 Å². The highest BCUT2D eigenvalue weighted by molar-refractivity contribution is 7.99. The third kappa shape index (κ3) is 3.57. The van der Waals surface area contributed by atoms with Crippen LogP contribution in [0.4, 0.5) is 0 Å². The van der Waals surface area contributed by atoms with Gasteiger partial charge in [-0.3, -0.25) is 4.98 Å². The van der Waals surface area contributed by atoms with E-state index in [4.69, 9.17) is 4.74 Å². The smallest absolute Gasteiger partial charge is 0.0860 e. The summed E-state index contributed by atoms with van der Waals surface area (Å²) >= 11 is 1.98. The van der Waals surface area contributed by atoms with Crippen LogP contribution in [0.2, 0.25) is 0 Å². The van der Waals surface area contributed by atoms with Crippen molar-refractivity contribution in [3.8, 4) is 0 Å². The number of benzene rings is 1. The maximum Gasteiger partial charge on any atom is 0.0860 e. The van der Waals surface area contributed by atoms with Gasteiger partial charge >= 0.3 is 0 Å². The van der Waals surface area contributed by atoms with E-state index in [2.05, 4.69) is 41.5 Å².